The number of rotatable bonds is 8. The lowest BCUT2D eigenvalue weighted by molar-refractivity contribution is 0.0240. The lowest BCUT2D eigenvalue weighted by Crippen LogP contribution is -2.55. The Morgan fingerprint density at radius 3 is 2.40 bits per heavy atom. The summed E-state index contributed by atoms with van der Waals surface area (Å²) >= 11 is 0. The number of pyridine rings is 1. The maximum atomic E-state index is 13.8. The van der Waals surface area contributed by atoms with E-state index in [1.54, 1.807) is 24.1 Å². The SMILES string of the molecule is COCCCN1C(=O)N(c2ccc(C#N)nc2OC)CC12CCC(c1ccccc1)(N(C)C)CC2. The molecule has 2 amide bonds. The van der Waals surface area contributed by atoms with Crippen LogP contribution in [-0.2, 0) is 10.3 Å². The molecule has 0 bridgehead atoms. The van der Waals surface area contributed by atoms with Gasteiger partial charge in [-0.2, -0.15) is 5.26 Å². The molecule has 1 spiro atoms. The summed E-state index contributed by atoms with van der Waals surface area (Å²) in [4.78, 5) is 24.3. The molecular formula is C27H35N5O3. The fourth-order valence-corrected chi connectivity index (χ4v) is 5.83. The first-order valence-corrected chi connectivity index (χ1v) is 12.2. The Hall–Kier alpha value is -3.15. The molecular weight excluding hydrogens is 442 g/mol. The molecule has 35 heavy (non-hydrogen) atoms. The minimum absolute atomic E-state index is 0.0389. The van der Waals surface area contributed by atoms with Crippen LogP contribution in [0.5, 0.6) is 5.88 Å². The Morgan fingerprint density at radius 1 is 1.09 bits per heavy atom. The average molecular weight is 478 g/mol. The Bertz CT molecular complexity index is 1070. The number of methoxy groups -OCH3 is 2. The Balaban J connectivity index is 1.67. The number of anilines is 1. The minimum Gasteiger partial charge on any atom is -0.479 e. The molecule has 0 unspecified atom stereocenters. The average Bonchev–Trinajstić information content (AvgIpc) is 3.15. The van der Waals surface area contributed by atoms with E-state index in [1.807, 2.05) is 11.0 Å². The molecule has 4 rings (SSSR count). The van der Waals surface area contributed by atoms with E-state index >= 15 is 0 Å². The number of urea groups is 1. The summed E-state index contributed by atoms with van der Waals surface area (Å²) in [5.41, 5.74) is 1.86. The van der Waals surface area contributed by atoms with Crippen LogP contribution in [0.3, 0.4) is 0 Å². The molecule has 1 aromatic carbocycles. The lowest BCUT2D eigenvalue weighted by atomic mass is 9.68. The van der Waals surface area contributed by atoms with E-state index < -0.39 is 0 Å². The van der Waals surface area contributed by atoms with Gasteiger partial charge in [-0.15, -0.1) is 0 Å². The lowest BCUT2D eigenvalue weighted by Gasteiger charge is -2.51. The van der Waals surface area contributed by atoms with Crippen LogP contribution >= 0.6 is 0 Å². The van der Waals surface area contributed by atoms with Gasteiger partial charge < -0.3 is 14.4 Å². The molecule has 0 atom stereocenters. The van der Waals surface area contributed by atoms with E-state index in [0.29, 0.717) is 31.3 Å². The van der Waals surface area contributed by atoms with Crippen molar-refractivity contribution in [2.45, 2.75) is 43.2 Å². The van der Waals surface area contributed by atoms with Crippen molar-refractivity contribution in [1.29, 1.82) is 5.26 Å². The molecule has 2 aromatic rings. The normalized spacial score (nSPS) is 24.3. The van der Waals surface area contributed by atoms with Crippen molar-refractivity contribution in [2.75, 3.05) is 52.9 Å². The van der Waals surface area contributed by atoms with E-state index in [9.17, 15) is 10.1 Å². The van der Waals surface area contributed by atoms with E-state index in [-0.39, 0.29) is 22.8 Å². The van der Waals surface area contributed by atoms with Crippen molar-refractivity contribution in [3.8, 4) is 11.9 Å². The van der Waals surface area contributed by atoms with Crippen molar-refractivity contribution in [3.05, 3.63) is 53.7 Å². The third-order valence-electron chi connectivity index (χ3n) is 7.83. The van der Waals surface area contributed by atoms with E-state index in [4.69, 9.17) is 9.47 Å². The van der Waals surface area contributed by atoms with Crippen LogP contribution in [-0.4, -0.2) is 74.4 Å². The van der Waals surface area contributed by atoms with Gasteiger partial charge >= 0.3 is 6.03 Å². The second-order valence-corrected chi connectivity index (χ2v) is 9.72. The topological polar surface area (TPSA) is 81.9 Å². The number of nitrogens with zero attached hydrogens (tertiary/aromatic N) is 5. The summed E-state index contributed by atoms with van der Waals surface area (Å²) in [5.74, 6) is 0.300. The van der Waals surface area contributed by atoms with Crippen LogP contribution in [0.25, 0.3) is 0 Å². The summed E-state index contributed by atoms with van der Waals surface area (Å²) in [6.07, 6.45) is 4.46. The van der Waals surface area contributed by atoms with Crippen LogP contribution in [0, 0.1) is 11.3 Å². The molecule has 186 valence electrons. The van der Waals surface area contributed by atoms with Crippen LogP contribution in [0.1, 0.15) is 43.4 Å². The van der Waals surface area contributed by atoms with Gasteiger partial charge in [0, 0.05) is 25.8 Å². The molecule has 1 saturated carbocycles. The molecule has 2 aliphatic rings. The summed E-state index contributed by atoms with van der Waals surface area (Å²) < 4.78 is 10.8. The van der Waals surface area contributed by atoms with Gasteiger partial charge in [-0.1, -0.05) is 30.3 Å². The van der Waals surface area contributed by atoms with Gasteiger partial charge in [0.25, 0.3) is 0 Å². The van der Waals surface area contributed by atoms with Gasteiger partial charge in [-0.05, 0) is 63.9 Å². The van der Waals surface area contributed by atoms with Crippen molar-refractivity contribution >= 4 is 11.7 Å². The molecule has 2 fully saturated rings. The predicted molar refractivity (Wildman–Crippen MR) is 134 cm³/mol. The highest BCUT2D eigenvalue weighted by Crippen LogP contribution is 2.50. The van der Waals surface area contributed by atoms with Crippen LogP contribution in [0.2, 0.25) is 0 Å². The van der Waals surface area contributed by atoms with Gasteiger partial charge in [0.15, 0.2) is 0 Å². The largest absolute Gasteiger partial charge is 0.479 e. The second kappa shape index (κ2) is 10.2. The van der Waals surface area contributed by atoms with Gasteiger partial charge in [-0.3, -0.25) is 9.80 Å². The van der Waals surface area contributed by atoms with E-state index in [1.165, 1.54) is 12.7 Å². The van der Waals surface area contributed by atoms with Crippen molar-refractivity contribution in [1.82, 2.24) is 14.8 Å². The Kier molecular flexibility index (Phi) is 7.29. The maximum absolute atomic E-state index is 13.8. The van der Waals surface area contributed by atoms with Crippen LogP contribution in [0.4, 0.5) is 10.5 Å². The molecule has 2 heterocycles. The zero-order valence-corrected chi connectivity index (χ0v) is 21.2. The van der Waals surface area contributed by atoms with Crippen LogP contribution in [0.15, 0.2) is 42.5 Å². The van der Waals surface area contributed by atoms with Gasteiger partial charge in [0.1, 0.15) is 17.5 Å². The molecule has 0 N–H and O–H groups in total. The molecule has 0 radical (unpaired) electrons. The summed E-state index contributed by atoms with van der Waals surface area (Å²) in [6, 6.07) is 16.1. The first-order chi connectivity index (χ1) is 16.9. The van der Waals surface area contributed by atoms with Gasteiger partial charge in [0.05, 0.1) is 19.2 Å². The fourth-order valence-electron chi connectivity index (χ4n) is 5.83. The second-order valence-electron chi connectivity index (χ2n) is 9.72. The number of nitriles is 1. The van der Waals surface area contributed by atoms with Crippen LogP contribution < -0.4 is 9.64 Å². The number of carbonyl (C=O) groups excluding carboxylic acids is 1. The number of benzene rings is 1. The van der Waals surface area contributed by atoms with E-state index in [0.717, 1.165) is 32.1 Å². The van der Waals surface area contributed by atoms with Gasteiger partial charge in [-0.25, -0.2) is 9.78 Å². The molecule has 8 nitrogen and oxygen atoms in total. The summed E-state index contributed by atoms with van der Waals surface area (Å²) in [6.45, 7) is 1.81. The molecule has 8 heteroatoms. The van der Waals surface area contributed by atoms with Gasteiger partial charge in [0.2, 0.25) is 5.88 Å². The number of amides is 2. The quantitative estimate of drug-likeness (QED) is 0.535. The Morgan fingerprint density at radius 2 is 1.80 bits per heavy atom. The first kappa shape index (κ1) is 25.0. The third-order valence-corrected chi connectivity index (χ3v) is 7.83. The number of hydrogen-bond donors (Lipinski definition) is 0. The van der Waals surface area contributed by atoms with E-state index in [2.05, 4.69) is 54.3 Å². The number of aromatic nitrogens is 1. The molecule has 1 aromatic heterocycles. The number of carbonyl (C=O) groups is 1. The zero-order valence-electron chi connectivity index (χ0n) is 21.2. The standard InChI is InChI=1S/C27H35N5O3/c1-30(2)27(21-9-6-5-7-10-21)15-13-26(14-16-27)20-31(25(33)32(26)17-8-18-34-3)23-12-11-22(19-28)29-24(23)35-4/h5-7,9-12H,8,13-18,20H2,1-4H3. The highest BCUT2D eigenvalue weighted by molar-refractivity contribution is 5.96. The first-order valence-electron chi connectivity index (χ1n) is 12.2. The van der Waals surface area contributed by atoms with Crippen molar-refractivity contribution in [3.63, 3.8) is 0 Å². The fraction of sp³-hybridized carbons (Fsp3) is 0.519. The zero-order chi connectivity index (χ0) is 25.1. The maximum Gasteiger partial charge on any atom is 0.325 e. The molecule has 1 aliphatic carbocycles. The number of ether oxygens (including phenoxy) is 2. The van der Waals surface area contributed by atoms with Crippen molar-refractivity contribution in [2.24, 2.45) is 0 Å². The molecule has 1 saturated heterocycles. The smallest absolute Gasteiger partial charge is 0.325 e. The third kappa shape index (κ3) is 4.46. The minimum atomic E-state index is -0.280. The number of hydrogen-bond acceptors (Lipinski definition) is 6. The summed E-state index contributed by atoms with van der Waals surface area (Å²) in [5, 5.41) is 9.24. The monoisotopic (exact) mass is 477 g/mol. The highest BCUT2D eigenvalue weighted by atomic mass is 16.5. The summed E-state index contributed by atoms with van der Waals surface area (Å²) in [7, 11) is 7.51. The Labute approximate surface area is 208 Å². The molecule has 1 aliphatic heterocycles. The van der Waals surface area contributed by atoms with Crippen molar-refractivity contribution < 1.29 is 14.3 Å². The highest BCUT2D eigenvalue weighted by Gasteiger charge is 2.55. The predicted octanol–water partition coefficient (Wildman–Crippen LogP) is 4.01.